The van der Waals surface area contributed by atoms with Crippen LogP contribution in [0, 0.1) is 0 Å². The summed E-state index contributed by atoms with van der Waals surface area (Å²) in [7, 11) is 0. The molecule has 2 aromatic heterocycles. The molecule has 0 aliphatic carbocycles. The first kappa shape index (κ1) is 38.4. The Morgan fingerprint density at radius 2 is 0.615 bits per heavy atom. The van der Waals surface area contributed by atoms with Gasteiger partial charge in [-0.1, -0.05) is 224 Å². The average Bonchev–Trinajstić information content (AvgIpc) is 3.78. The Bertz CT molecular complexity index is 3610. The van der Waals surface area contributed by atoms with Crippen LogP contribution in [0.5, 0.6) is 0 Å². The zero-order chi connectivity index (χ0) is 43.1. The highest BCUT2D eigenvalue weighted by Crippen LogP contribution is 2.42. The van der Waals surface area contributed by atoms with Crippen LogP contribution in [0.3, 0.4) is 0 Å². The fourth-order valence-corrected chi connectivity index (χ4v) is 10.5. The van der Waals surface area contributed by atoms with Gasteiger partial charge in [0.25, 0.3) is 0 Å². The van der Waals surface area contributed by atoms with Gasteiger partial charge in [-0.15, -0.1) is 11.3 Å². The molecule has 0 saturated carbocycles. The molecule has 304 valence electrons. The summed E-state index contributed by atoms with van der Waals surface area (Å²) in [6, 6.07) is 84.0. The first-order valence-electron chi connectivity index (χ1n) is 21.9. The maximum Gasteiger partial charge on any atom is 0.164 e. The number of hydrogen-bond acceptors (Lipinski definition) is 4. The normalized spacial score (nSPS) is 11.4. The number of nitrogens with zero attached hydrogens (tertiary/aromatic N) is 3. The molecule has 12 aromatic rings. The van der Waals surface area contributed by atoms with Gasteiger partial charge in [-0.05, 0) is 78.5 Å². The molecule has 0 unspecified atom stereocenters. The van der Waals surface area contributed by atoms with Gasteiger partial charge >= 0.3 is 0 Å². The van der Waals surface area contributed by atoms with Crippen molar-refractivity contribution in [2.75, 3.05) is 0 Å². The number of benzene rings is 10. The zero-order valence-corrected chi connectivity index (χ0v) is 36.1. The molecular formula is C61H39N3S. The minimum atomic E-state index is 0.619. The number of thiophene rings is 1. The van der Waals surface area contributed by atoms with Crippen LogP contribution in [0.1, 0.15) is 0 Å². The highest BCUT2D eigenvalue weighted by molar-refractivity contribution is 7.26. The fourth-order valence-electron chi connectivity index (χ4n) is 9.28. The van der Waals surface area contributed by atoms with E-state index in [2.05, 4.69) is 224 Å². The Morgan fingerprint density at radius 1 is 0.231 bits per heavy atom. The molecule has 0 atom stereocenters. The van der Waals surface area contributed by atoms with Crippen LogP contribution < -0.4 is 0 Å². The minimum Gasteiger partial charge on any atom is -0.208 e. The van der Waals surface area contributed by atoms with Gasteiger partial charge in [-0.3, -0.25) is 0 Å². The summed E-state index contributed by atoms with van der Waals surface area (Å²) >= 11 is 1.87. The smallest absolute Gasteiger partial charge is 0.164 e. The second-order valence-corrected chi connectivity index (χ2v) is 17.3. The van der Waals surface area contributed by atoms with Gasteiger partial charge < -0.3 is 0 Å². The van der Waals surface area contributed by atoms with Crippen molar-refractivity contribution in [3.63, 3.8) is 0 Å². The summed E-state index contributed by atoms with van der Waals surface area (Å²) < 4.78 is 2.64. The molecule has 3 nitrogen and oxygen atoms in total. The van der Waals surface area contributed by atoms with E-state index in [4.69, 9.17) is 15.0 Å². The van der Waals surface area contributed by atoms with E-state index in [1.54, 1.807) is 0 Å². The molecule has 0 aliphatic rings. The lowest BCUT2D eigenvalue weighted by Gasteiger charge is -2.14. The zero-order valence-electron chi connectivity index (χ0n) is 35.3. The Hall–Kier alpha value is -8.31. The quantitative estimate of drug-likeness (QED) is 0.153. The number of fused-ring (bicyclic) bond motifs is 4. The van der Waals surface area contributed by atoms with Crippen LogP contribution >= 0.6 is 11.3 Å². The van der Waals surface area contributed by atoms with Crippen molar-refractivity contribution < 1.29 is 0 Å². The van der Waals surface area contributed by atoms with Gasteiger partial charge in [0.15, 0.2) is 17.5 Å². The van der Waals surface area contributed by atoms with Gasteiger partial charge in [0.2, 0.25) is 0 Å². The lowest BCUT2D eigenvalue weighted by molar-refractivity contribution is 1.07. The van der Waals surface area contributed by atoms with Crippen LogP contribution in [0.4, 0.5) is 0 Å². The molecule has 0 N–H and O–H groups in total. The fraction of sp³-hybridized carbons (Fsp3) is 0. The van der Waals surface area contributed by atoms with E-state index in [0.29, 0.717) is 17.5 Å². The van der Waals surface area contributed by atoms with Crippen molar-refractivity contribution in [1.29, 1.82) is 0 Å². The summed E-state index contributed by atoms with van der Waals surface area (Å²) in [5.41, 5.74) is 14.4. The lowest BCUT2D eigenvalue weighted by Crippen LogP contribution is -2.02. The third-order valence-corrected chi connectivity index (χ3v) is 13.6. The maximum atomic E-state index is 5.23. The van der Waals surface area contributed by atoms with Gasteiger partial charge in [0, 0.05) is 36.9 Å². The summed E-state index contributed by atoms with van der Waals surface area (Å²) in [5.74, 6) is 1.87. The average molecular weight is 846 g/mol. The number of rotatable bonds is 8. The highest BCUT2D eigenvalue weighted by Gasteiger charge is 2.19. The predicted octanol–water partition coefficient (Wildman–Crippen LogP) is 16.7. The van der Waals surface area contributed by atoms with Crippen molar-refractivity contribution in [1.82, 2.24) is 15.0 Å². The van der Waals surface area contributed by atoms with Crippen molar-refractivity contribution in [2.45, 2.75) is 0 Å². The Kier molecular flexibility index (Phi) is 9.70. The Morgan fingerprint density at radius 3 is 1.23 bits per heavy atom. The Labute approximate surface area is 381 Å². The van der Waals surface area contributed by atoms with Gasteiger partial charge in [-0.25, -0.2) is 15.0 Å². The van der Waals surface area contributed by atoms with Crippen LogP contribution in [-0.2, 0) is 0 Å². The van der Waals surface area contributed by atoms with E-state index in [0.717, 1.165) is 44.5 Å². The summed E-state index contributed by atoms with van der Waals surface area (Å²) in [4.78, 5) is 15.7. The van der Waals surface area contributed by atoms with Crippen molar-refractivity contribution in [2.24, 2.45) is 0 Å². The number of hydrogen-bond donors (Lipinski definition) is 0. The van der Waals surface area contributed by atoms with Gasteiger partial charge in [-0.2, -0.15) is 0 Å². The van der Waals surface area contributed by atoms with Crippen molar-refractivity contribution in [3.8, 4) is 89.8 Å². The van der Waals surface area contributed by atoms with E-state index in [9.17, 15) is 0 Å². The van der Waals surface area contributed by atoms with Gasteiger partial charge in [0.1, 0.15) is 0 Å². The molecule has 0 fully saturated rings. The first-order valence-corrected chi connectivity index (χ1v) is 22.7. The lowest BCUT2D eigenvalue weighted by atomic mass is 9.91. The molecule has 12 rings (SSSR count). The van der Waals surface area contributed by atoms with E-state index in [1.165, 1.54) is 58.8 Å². The molecule has 4 heteroatoms. The summed E-state index contributed by atoms with van der Waals surface area (Å²) in [5, 5.41) is 5.05. The molecule has 0 bridgehead atoms. The van der Waals surface area contributed by atoms with Crippen LogP contribution in [0.2, 0.25) is 0 Å². The third kappa shape index (κ3) is 7.07. The monoisotopic (exact) mass is 845 g/mol. The second-order valence-electron chi connectivity index (χ2n) is 16.3. The van der Waals surface area contributed by atoms with Crippen LogP contribution in [0.25, 0.3) is 121 Å². The second kappa shape index (κ2) is 16.4. The molecule has 2 heterocycles. The van der Waals surface area contributed by atoms with Crippen molar-refractivity contribution in [3.05, 3.63) is 237 Å². The van der Waals surface area contributed by atoms with Crippen molar-refractivity contribution >= 4 is 42.3 Å². The molecule has 0 saturated heterocycles. The maximum absolute atomic E-state index is 5.23. The topological polar surface area (TPSA) is 38.7 Å². The molecule has 0 amide bonds. The van der Waals surface area contributed by atoms with Gasteiger partial charge in [0.05, 0.1) is 0 Å². The third-order valence-electron chi connectivity index (χ3n) is 12.4. The van der Waals surface area contributed by atoms with E-state index in [-0.39, 0.29) is 0 Å². The standard InChI is InChI=1S/C61H39N3S/c1-3-17-40(18-4-1)47-23-7-9-26-55(47)60-62-59(63-61(64-60)56-27-10-8-24-48(56)41-19-5-2-6-20-41)43-37-35-42(36-38-43)46-28-14-32-52-49(29-15-31-51(46)52)44-21-13-22-45(39-44)50-30-16-33-54-53-25-11-12-34-57(53)65-58(50)54/h1-39H. The molecule has 65 heavy (non-hydrogen) atoms. The minimum absolute atomic E-state index is 0.619. The first-order chi connectivity index (χ1) is 32.2. The van der Waals surface area contributed by atoms with Crippen LogP contribution in [-0.4, -0.2) is 15.0 Å². The molecule has 0 spiro atoms. The molecule has 0 radical (unpaired) electrons. The Balaban J connectivity index is 0.942. The number of aromatic nitrogens is 3. The van der Waals surface area contributed by atoms with E-state index >= 15 is 0 Å². The van der Waals surface area contributed by atoms with E-state index < -0.39 is 0 Å². The van der Waals surface area contributed by atoms with E-state index in [1.807, 2.05) is 23.5 Å². The molecule has 10 aromatic carbocycles. The predicted molar refractivity (Wildman–Crippen MR) is 274 cm³/mol. The SMILES string of the molecule is c1ccc(-c2ccccc2-c2nc(-c3ccc(-c4cccc5c(-c6cccc(-c7cccc8c7sc7ccccc78)c6)cccc45)cc3)nc(-c3ccccc3-c3ccccc3)n2)cc1. The highest BCUT2D eigenvalue weighted by atomic mass is 32.1. The largest absolute Gasteiger partial charge is 0.208 e. The summed E-state index contributed by atoms with van der Waals surface area (Å²) in [6.45, 7) is 0. The molecular weight excluding hydrogens is 807 g/mol. The summed E-state index contributed by atoms with van der Waals surface area (Å²) in [6.07, 6.45) is 0. The van der Waals surface area contributed by atoms with Crippen LogP contribution in [0.15, 0.2) is 237 Å². The molecule has 0 aliphatic heterocycles.